The molecule has 0 radical (unpaired) electrons. The molecule has 3 rings (SSSR count). The standard InChI is InChI=1S/C15H13N3OS/c1-10-3-4-12(11(2)7-10)5-6-13-8-14(19)18-15(17-13)20-9-16-18/h3-9H,1-2H3/b6-5+. The first-order valence-corrected chi connectivity index (χ1v) is 7.10. The van der Waals surface area contributed by atoms with E-state index in [9.17, 15) is 4.79 Å². The van der Waals surface area contributed by atoms with Gasteiger partial charge in [0.2, 0.25) is 4.96 Å². The van der Waals surface area contributed by atoms with E-state index in [0.717, 1.165) is 5.56 Å². The van der Waals surface area contributed by atoms with Crippen LogP contribution in [0.3, 0.4) is 0 Å². The molecule has 0 aliphatic carbocycles. The molecule has 0 unspecified atom stereocenters. The number of aromatic nitrogens is 3. The molecule has 5 heteroatoms. The number of nitrogens with zero attached hydrogens (tertiary/aromatic N) is 3. The van der Waals surface area contributed by atoms with Crippen molar-refractivity contribution in [2.45, 2.75) is 13.8 Å². The molecule has 0 spiro atoms. The summed E-state index contributed by atoms with van der Waals surface area (Å²) in [5.41, 5.74) is 5.68. The van der Waals surface area contributed by atoms with Gasteiger partial charge in [0.1, 0.15) is 5.51 Å². The van der Waals surface area contributed by atoms with Crippen molar-refractivity contribution in [2.75, 3.05) is 0 Å². The molecule has 100 valence electrons. The van der Waals surface area contributed by atoms with Crippen molar-refractivity contribution in [3.63, 3.8) is 0 Å². The summed E-state index contributed by atoms with van der Waals surface area (Å²) in [6.45, 7) is 4.14. The van der Waals surface area contributed by atoms with Gasteiger partial charge in [-0.2, -0.15) is 9.61 Å². The third kappa shape index (κ3) is 2.40. The first kappa shape index (κ1) is 12.7. The Morgan fingerprint density at radius 3 is 2.85 bits per heavy atom. The highest BCUT2D eigenvalue weighted by molar-refractivity contribution is 7.14. The normalized spacial score (nSPS) is 11.5. The summed E-state index contributed by atoms with van der Waals surface area (Å²) >= 11 is 1.35. The van der Waals surface area contributed by atoms with E-state index in [-0.39, 0.29) is 5.56 Å². The highest BCUT2D eigenvalue weighted by Crippen LogP contribution is 2.14. The number of hydrogen-bond donors (Lipinski definition) is 0. The number of hydrogen-bond acceptors (Lipinski definition) is 4. The van der Waals surface area contributed by atoms with Gasteiger partial charge in [0.05, 0.1) is 5.69 Å². The summed E-state index contributed by atoms with van der Waals surface area (Å²) < 4.78 is 1.30. The maximum Gasteiger partial charge on any atom is 0.275 e. The SMILES string of the molecule is Cc1ccc(/C=C/c2cc(=O)n3ncsc3n2)c(C)c1. The first-order valence-electron chi connectivity index (χ1n) is 6.22. The molecule has 2 aromatic heterocycles. The Labute approximate surface area is 120 Å². The van der Waals surface area contributed by atoms with E-state index in [1.807, 2.05) is 12.2 Å². The Morgan fingerprint density at radius 1 is 1.20 bits per heavy atom. The molecule has 4 nitrogen and oxygen atoms in total. The molecule has 0 saturated carbocycles. The lowest BCUT2D eigenvalue weighted by molar-refractivity contribution is 0.897. The van der Waals surface area contributed by atoms with Gasteiger partial charge in [-0.15, -0.1) is 0 Å². The molecule has 20 heavy (non-hydrogen) atoms. The predicted octanol–water partition coefficient (Wildman–Crippen LogP) is 2.94. The smallest absolute Gasteiger partial charge is 0.267 e. The largest absolute Gasteiger partial charge is 0.275 e. The second kappa shape index (κ2) is 5.02. The van der Waals surface area contributed by atoms with E-state index in [1.54, 1.807) is 5.51 Å². The maximum absolute atomic E-state index is 11.8. The predicted molar refractivity (Wildman–Crippen MR) is 82.0 cm³/mol. The van der Waals surface area contributed by atoms with Crippen LogP contribution in [0.2, 0.25) is 0 Å². The molecule has 0 bridgehead atoms. The van der Waals surface area contributed by atoms with Gasteiger partial charge in [0.15, 0.2) is 0 Å². The highest BCUT2D eigenvalue weighted by atomic mass is 32.1. The second-order valence-electron chi connectivity index (χ2n) is 4.65. The molecule has 0 saturated heterocycles. The van der Waals surface area contributed by atoms with Crippen molar-refractivity contribution in [3.8, 4) is 0 Å². The Balaban J connectivity index is 1.99. The van der Waals surface area contributed by atoms with Gasteiger partial charge < -0.3 is 0 Å². The van der Waals surface area contributed by atoms with Crippen LogP contribution >= 0.6 is 11.3 Å². The van der Waals surface area contributed by atoms with Crippen LogP contribution in [0.1, 0.15) is 22.4 Å². The molecule has 0 fully saturated rings. The van der Waals surface area contributed by atoms with Crippen LogP contribution in [0.15, 0.2) is 34.6 Å². The molecule has 0 aliphatic rings. The van der Waals surface area contributed by atoms with Gasteiger partial charge in [-0.25, -0.2) is 4.98 Å². The van der Waals surface area contributed by atoms with Crippen LogP contribution in [0.25, 0.3) is 17.1 Å². The molecule has 0 amide bonds. The van der Waals surface area contributed by atoms with Crippen molar-refractivity contribution in [1.29, 1.82) is 0 Å². The lowest BCUT2D eigenvalue weighted by atomic mass is 10.1. The van der Waals surface area contributed by atoms with Crippen LogP contribution in [-0.4, -0.2) is 14.6 Å². The van der Waals surface area contributed by atoms with E-state index in [2.05, 4.69) is 42.1 Å². The molecular weight excluding hydrogens is 270 g/mol. The topological polar surface area (TPSA) is 47.3 Å². The third-order valence-electron chi connectivity index (χ3n) is 3.07. The Hall–Kier alpha value is -2.27. The molecule has 3 aromatic rings. The van der Waals surface area contributed by atoms with Crippen molar-refractivity contribution >= 4 is 28.4 Å². The average molecular weight is 283 g/mol. The fourth-order valence-corrected chi connectivity index (χ4v) is 2.68. The number of benzene rings is 1. The summed E-state index contributed by atoms with van der Waals surface area (Å²) in [5.74, 6) is 0. The van der Waals surface area contributed by atoms with E-state index in [1.165, 1.54) is 33.0 Å². The Morgan fingerprint density at radius 2 is 2.05 bits per heavy atom. The maximum atomic E-state index is 11.8. The zero-order valence-electron chi connectivity index (χ0n) is 11.2. The molecular formula is C15H13N3OS. The van der Waals surface area contributed by atoms with Crippen LogP contribution < -0.4 is 5.56 Å². The summed E-state index contributed by atoms with van der Waals surface area (Å²) in [4.78, 5) is 16.8. The molecule has 0 aliphatic heterocycles. The van der Waals surface area contributed by atoms with Crippen molar-refractivity contribution in [3.05, 3.63) is 62.5 Å². The summed E-state index contributed by atoms with van der Waals surface area (Å²) in [6.07, 6.45) is 3.84. The number of fused-ring (bicyclic) bond motifs is 1. The Bertz CT molecular complexity index is 861. The van der Waals surface area contributed by atoms with Crippen molar-refractivity contribution in [1.82, 2.24) is 14.6 Å². The molecule has 2 heterocycles. The molecule has 0 atom stereocenters. The molecule has 0 N–H and O–H groups in total. The van der Waals surface area contributed by atoms with Gasteiger partial charge >= 0.3 is 0 Å². The van der Waals surface area contributed by atoms with Crippen LogP contribution in [0, 0.1) is 13.8 Å². The van der Waals surface area contributed by atoms with E-state index >= 15 is 0 Å². The van der Waals surface area contributed by atoms with Crippen LogP contribution in [-0.2, 0) is 0 Å². The fourth-order valence-electron chi connectivity index (χ4n) is 2.05. The third-order valence-corrected chi connectivity index (χ3v) is 3.74. The quantitative estimate of drug-likeness (QED) is 0.726. The second-order valence-corrected chi connectivity index (χ2v) is 5.46. The summed E-state index contributed by atoms with van der Waals surface area (Å²) in [7, 11) is 0. The minimum absolute atomic E-state index is 0.156. The summed E-state index contributed by atoms with van der Waals surface area (Å²) in [6, 6.07) is 7.77. The summed E-state index contributed by atoms with van der Waals surface area (Å²) in [5, 5.41) is 3.94. The van der Waals surface area contributed by atoms with E-state index in [0.29, 0.717) is 10.7 Å². The van der Waals surface area contributed by atoms with Gasteiger partial charge in [0.25, 0.3) is 5.56 Å². The van der Waals surface area contributed by atoms with Gasteiger partial charge in [0, 0.05) is 6.07 Å². The van der Waals surface area contributed by atoms with E-state index < -0.39 is 0 Å². The fraction of sp³-hybridized carbons (Fsp3) is 0.133. The van der Waals surface area contributed by atoms with Crippen molar-refractivity contribution < 1.29 is 0 Å². The minimum atomic E-state index is -0.156. The monoisotopic (exact) mass is 283 g/mol. The van der Waals surface area contributed by atoms with Crippen molar-refractivity contribution in [2.24, 2.45) is 0 Å². The van der Waals surface area contributed by atoms with Crippen LogP contribution in [0.5, 0.6) is 0 Å². The zero-order chi connectivity index (χ0) is 14.1. The number of aryl methyl sites for hydroxylation is 2. The minimum Gasteiger partial charge on any atom is -0.267 e. The number of rotatable bonds is 2. The highest BCUT2D eigenvalue weighted by Gasteiger charge is 2.02. The average Bonchev–Trinajstić information content (AvgIpc) is 2.86. The zero-order valence-corrected chi connectivity index (χ0v) is 12.0. The van der Waals surface area contributed by atoms with Crippen LogP contribution in [0.4, 0.5) is 0 Å². The Kier molecular flexibility index (Phi) is 3.20. The first-order chi connectivity index (χ1) is 9.63. The lowest BCUT2D eigenvalue weighted by Crippen LogP contribution is -2.13. The lowest BCUT2D eigenvalue weighted by Gasteiger charge is -2.01. The van der Waals surface area contributed by atoms with Gasteiger partial charge in [-0.1, -0.05) is 41.2 Å². The molecule has 1 aromatic carbocycles. The van der Waals surface area contributed by atoms with Gasteiger partial charge in [-0.3, -0.25) is 4.79 Å². The van der Waals surface area contributed by atoms with Gasteiger partial charge in [-0.05, 0) is 31.1 Å². The van der Waals surface area contributed by atoms with E-state index in [4.69, 9.17) is 0 Å².